The van der Waals surface area contributed by atoms with Gasteiger partial charge in [0.05, 0.1) is 18.8 Å². The summed E-state index contributed by atoms with van der Waals surface area (Å²) in [6.07, 6.45) is 4.21. The van der Waals surface area contributed by atoms with Gasteiger partial charge in [0.15, 0.2) is 5.76 Å². The van der Waals surface area contributed by atoms with Gasteiger partial charge in [0.2, 0.25) is 0 Å². The third-order valence-corrected chi connectivity index (χ3v) is 6.03. The summed E-state index contributed by atoms with van der Waals surface area (Å²) in [5, 5.41) is 10.6. The van der Waals surface area contributed by atoms with Gasteiger partial charge in [0.25, 0.3) is 11.5 Å². The van der Waals surface area contributed by atoms with Gasteiger partial charge in [-0.2, -0.15) is 0 Å². The predicted molar refractivity (Wildman–Crippen MR) is 137 cm³/mol. The molecular formula is C27H28N4O5. The lowest BCUT2D eigenvalue weighted by molar-refractivity contribution is -0.130. The van der Waals surface area contributed by atoms with Crippen molar-refractivity contribution < 1.29 is 19.4 Å². The summed E-state index contributed by atoms with van der Waals surface area (Å²) < 4.78 is 6.80. The Morgan fingerprint density at radius 2 is 1.83 bits per heavy atom. The summed E-state index contributed by atoms with van der Waals surface area (Å²) in [6.45, 7) is 6.86. The number of rotatable bonds is 7. The molecule has 0 aliphatic carbocycles. The van der Waals surface area contributed by atoms with E-state index in [1.54, 1.807) is 19.2 Å². The van der Waals surface area contributed by atoms with Gasteiger partial charge in [-0.1, -0.05) is 43.0 Å². The standard InChI is InChI=1S/C27H28N4O5/c1-3-9-21(32)25(33)30-16-14-29(15-17-30)23-20-12-8-13-28-24(20)31(18-19-10-6-5-7-11-19)26(34)22(23)27(35)36-4-2/h3,5-13,32H,1,4,14-18H2,2H3/b21-9-. The number of allylic oxidation sites excluding steroid dienone is 2. The van der Waals surface area contributed by atoms with Crippen molar-refractivity contribution in [2.45, 2.75) is 13.5 Å². The molecule has 4 rings (SSSR count). The van der Waals surface area contributed by atoms with Crippen LogP contribution in [-0.2, 0) is 16.1 Å². The van der Waals surface area contributed by atoms with Gasteiger partial charge in [-0.15, -0.1) is 0 Å². The second-order valence-corrected chi connectivity index (χ2v) is 8.26. The topological polar surface area (TPSA) is 105 Å². The number of hydrogen-bond donors (Lipinski definition) is 1. The van der Waals surface area contributed by atoms with Crippen LogP contribution in [-0.4, -0.2) is 64.2 Å². The molecule has 0 spiro atoms. The van der Waals surface area contributed by atoms with Crippen molar-refractivity contribution in [1.82, 2.24) is 14.5 Å². The first-order valence-electron chi connectivity index (χ1n) is 11.7. The molecule has 0 unspecified atom stereocenters. The summed E-state index contributed by atoms with van der Waals surface area (Å²) in [5.74, 6) is -1.58. The van der Waals surface area contributed by atoms with E-state index in [9.17, 15) is 19.5 Å². The number of aliphatic hydroxyl groups is 1. The van der Waals surface area contributed by atoms with Crippen molar-refractivity contribution in [2.24, 2.45) is 0 Å². The van der Waals surface area contributed by atoms with E-state index < -0.39 is 17.4 Å². The van der Waals surface area contributed by atoms with Gasteiger partial charge in [-0.25, -0.2) is 9.78 Å². The number of aromatic nitrogens is 2. The number of hydrogen-bond acceptors (Lipinski definition) is 7. The molecule has 1 aromatic carbocycles. The number of amides is 1. The largest absolute Gasteiger partial charge is 0.503 e. The molecule has 3 aromatic rings. The molecule has 0 bridgehead atoms. The highest BCUT2D eigenvalue weighted by Crippen LogP contribution is 2.30. The van der Waals surface area contributed by atoms with E-state index in [4.69, 9.17) is 4.74 Å². The number of aliphatic hydroxyl groups excluding tert-OH is 1. The van der Waals surface area contributed by atoms with E-state index in [-0.39, 0.29) is 24.5 Å². The zero-order valence-electron chi connectivity index (χ0n) is 20.1. The highest BCUT2D eigenvalue weighted by atomic mass is 16.5. The highest BCUT2D eigenvalue weighted by Gasteiger charge is 2.31. The highest BCUT2D eigenvalue weighted by molar-refractivity contribution is 6.04. The lowest BCUT2D eigenvalue weighted by Gasteiger charge is -2.37. The molecule has 186 valence electrons. The number of carbonyl (C=O) groups excluding carboxylic acids is 2. The van der Waals surface area contributed by atoms with Gasteiger partial charge in [0, 0.05) is 37.8 Å². The Bertz CT molecular complexity index is 1370. The van der Waals surface area contributed by atoms with Crippen LogP contribution in [0.3, 0.4) is 0 Å². The Balaban J connectivity index is 1.80. The summed E-state index contributed by atoms with van der Waals surface area (Å²) >= 11 is 0. The van der Waals surface area contributed by atoms with E-state index in [1.807, 2.05) is 41.3 Å². The van der Waals surface area contributed by atoms with E-state index in [0.29, 0.717) is 42.9 Å². The molecule has 0 saturated carbocycles. The number of pyridine rings is 2. The summed E-state index contributed by atoms with van der Waals surface area (Å²) in [7, 11) is 0. The number of fused-ring (bicyclic) bond motifs is 1. The van der Waals surface area contributed by atoms with Gasteiger partial charge in [-0.05, 0) is 30.7 Å². The first-order chi connectivity index (χ1) is 17.5. The first kappa shape index (κ1) is 24.7. The van der Waals surface area contributed by atoms with Crippen LogP contribution in [0.1, 0.15) is 22.8 Å². The van der Waals surface area contributed by atoms with Gasteiger partial charge in [0.1, 0.15) is 11.2 Å². The Morgan fingerprint density at radius 3 is 2.50 bits per heavy atom. The maximum Gasteiger partial charge on any atom is 0.345 e. The second kappa shape index (κ2) is 10.9. The molecule has 1 fully saturated rings. The van der Waals surface area contributed by atoms with Crippen LogP contribution in [0.25, 0.3) is 11.0 Å². The van der Waals surface area contributed by atoms with Crippen molar-refractivity contribution in [2.75, 3.05) is 37.7 Å². The zero-order valence-corrected chi connectivity index (χ0v) is 20.1. The summed E-state index contributed by atoms with van der Waals surface area (Å²) in [6, 6.07) is 13.1. The van der Waals surface area contributed by atoms with Crippen molar-refractivity contribution in [3.63, 3.8) is 0 Å². The first-order valence-corrected chi connectivity index (χ1v) is 11.7. The molecule has 9 heteroatoms. The molecule has 1 saturated heterocycles. The molecule has 36 heavy (non-hydrogen) atoms. The van der Waals surface area contributed by atoms with E-state index >= 15 is 0 Å². The lowest BCUT2D eigenvalue weighted by Crippen LogP contribution is -2.50. The van der Waals surface area contributed by atoms with Crippen molar-refractivity contribution in [3.8, 4) is 0 Å². The van der Waals surface area contributed by atoms with Crippen molar-refractivity contribution in [3.05, 3.63) is 94.6 Å². The van der Waals surface area contributed by atoms with Crippen LogP contribution >= 0.6 is 0 Å². The maximum absolute atomic E-state index is 13.8. The maximum atomic E-state index is 13.8. The minimum atomic E-state index is -0.699. The normalized spacial score (nSPS) is 14.1. The smallest absolute Gasteiger partial charge is 0.345 e. The number of ether oxygens (including phenoxy) is 1. The van der Waals surface area contributed by atoms with Gasteiger partial charge < -0.3 is 19.6 Å². The van der Waals surface area contributed by atoms with Crippen molar-refractivity contribution in [1.29, 1.82) is 0 Å². The number of carbonyl (C=O) groups is 2. The molecule has 2 aromatic heterocycles. The van der Waals surface area contributed by atoms with Gasteiger partial charge in [-0.3, -0.25) is 14.2 Å². The Morgan fingerprint density at radius 1 is 1.11 bits per heavy atom. The third-order valence-electron chi connectivity index (χ3n) is 6.03. The minimum absolute atomic E-state index is 0.0533. The number of esters is 1. The molecule has 1 aliphatic rings. The fourth-order valence-corrected chi connectivity index (χ4v) is 4.37. The van der Waals surface area contributed by atoms with E-state index in [1.165, 1.54) is 21.6 Å². The van der Waals surface area contributed by atoms with Crippen LogP contribution < -0.4 is 10.5 Å². The third kappa shape index (κ3) is 4.86. The van der Waals surface area contributed by atoms with Crippen molar-refractivity contribution >= 4 is 28.6 Å². The number of anilines is 1. The van der Waals surface area contributed by atoms with E-state index in [0.717, 1.165) is 5.56 Å². The van der Waals surface area contributed by atoms with E-state index in [2.05, 4.69) is 11.6 Å². The second-order valence-electron chi connectivity index (χ2n) is 8.26. The molecule has 0 atom stereocenters. The SMILES string of the molecule is C=C/C=C(\O)C(=O)N1CCN(c2c(C(=O)OCC)c(=O)n(Cc3ccccc3)c3ncccc23)CC1. The monoisotopic (exact) mass is 488 g/mol. The summed E-state index contributed by atoms with van der Waals surface area (Å²) in [5.41, 5.74) is 1.27. The number of nitrogens with zero attached hydrogens (tertiary/aromatic N) is 4. The molecule has 1 amide bonds. The van der Waals surface area contributed by atoms with Crippen LogP contribution in [0.4, 0.5) is 5.69 Å². The zero-order chi connectivity index (χ0) is 25.7. The van der Waals surface area contributed by atoms with Gasteiger partial charge >= 0.3 is 5.97 Å². The molecule has 9 nitrogen and oxygen atoms in total. The molecular weight excluding hydrogens is 460 g/mol. The molecule has 1 N–H and O–H groups in total. The average molecular weight is 489 g/mol. The number of benzene rings is 1. The van der Waals surface area contributed by atoms with Crippen LogP contribution in [0, 0.1) is 0 Å². The fourth-order valence-electron chi connectivity index (χ4n) is 4.37. The molecule has 0 radical (unpaired) electrons. The van der Waals surface area contributed by atoms with Crippen LogP contribution in [0.15, 0.2) is 77.9 Å². The Kier molecular flexibility index (Phi) is 7.48. The Hall–Kier alpha value is -4.40. The molecule has 3 heterocycles. The minimum Gasteiger partial charge on any atom is -0.503 e. The Labute approximate surface area is 208 Å². The number of piperazine rings is 1. The summed E-state index contributed by atoms with van der Waals surface area (Å²) in [4.78, 5) is 47.3. The fraction of sp³-hybridized carbons (Fsp3) is 0.259. The predicted octanol–water partition coefficient (Wildman–Crippen LogP) is 2.90. The van der Waals surface area contributed by atoms with Crippen LogP contribution in [0.2, 0.25) is 0 Å². The van der Waals surface area contributed by atoms with Crippen LogP contribution in [0.5, 0.6) is 0 Å². The molecule has 1 aliphatic heterocycles. The lowest BCUT2D eigenvalue weighted by atomic mass is 10.1. The average Bonchev–Trinajstić information content (AvgIpc) is 2.90. The quantitative estimate of drug-likeness (QED) is 0.236.